The quantitative estimate of drug-likeness (QED) is 0.895. The highest BCUT2D eigenvalue weighted by Crippen LogP contribution is 2.28. The third-order valence-electron chi connectivity index (χ3n) is 3.62. The Balaban J connectivity index is 2.05. The summed E-state index contributed by atoms with van der Waals surface area (Å²) >= 11 is 1.65. The van der Waals surface area contributed by atoms with Crippen molar-refractivity contribution in [2.24, 2.45) is 11.7 Å². The number of carbonyl (C=O) groups is 1. The number of hydrogen-bond acceptors (Lipinski definition) is 3. The Labute approximate surface area is 107 Å². The number of nitrogens with two attached hydrogens (primary N) is 1. The summed E-state index contributed by atoms with van der Waals surface area (Å²) in [5, 5.41) is 2.02. The normalized spacial score (nSPS) is 26.2. The molecule has 3 unspecified atom stereocenters. The largest absolute Gasteiger partial charge is 0.339 e. The Morgan fingerprint density at radius 3 is 3.00 bits per heavy atom. The predicted octanol–water partition coefficient (Wildman–Crippen LogP) is 2.05. The number of nitrogens with zero attached hydrogens (tertiary/aromatic N) is 1. The van der Waals surface area contributed by atoms with E-state index in [2.05, 4.69) is 6.92 Å². The SMILES string of the molecule is CC(C(=O)N1CC(CN)CC1C)c1cccs1. The zero-order valence-corrected chi connectivity index (χ0v) is 11.2. The molecule has 1 aliphatic rings. The second kappa shape index (κ2) is 5.19. The minimum absolute atomic E-state index is 0.0195. The fourth-order valence-corrected chi connectivity index (χ4v) is 3.30. The fourth-order valence-electron chi connectivity index (χ4n) is 2.53. The van der Waals surface area contributed by atoms with Crippen LogP contribution in [0.1, 0.15) is 31.1 Å². The van der Waals surface area contributed by atoms with E-state index in [1.807, 2.05) is 29.3 Å². The molecule has 1 amide bonds. The highest BCUT2D eigenvalue weighted by molar-refractivity contribution is 7.10. The lowest BCUT2D eigenvalue weighted by Gasteiger charge is -2.24. The van der Waals surface area contributed by atoms with Gasteiger partial charge in [0.2, 0.25) is 5.91 Å². The lowest BCUT2D eigenvalue weighted by Crippen LogP contribution is -2.37. The number of rotatable bonds is 3. The van der Waals surface area contributed by atoms with Gasteiger partial charge in [0.25, 0.3) is 0 Å². The Kier molecular flexibility index (Phi) is 3.84. The molecule has 2 rings (SSSR count). The summed E-state index contributed by atoms with van der Waals surface area (Å²) in [6.07, 6.45) is 1.04. The first kappa shape index (κ1) is 12.6. The van der Waals surface area contributed by atoms with Crippen molar-refractivity contribution in [3.05, 3.63) is 22.4 Å². The topological polar surface area (TPSA) is 46.3 Å². The molecule has 0 spiro atoms. The third kappa shape index (κ3) is 2.53. The summed E-state index contributed by atoms with van der Waals surface area (Å²) in [7, 11) is 0. The average Bonchev–Trinajstić information content (AvgIpc) is 2.95. The Morgan fingerprint density at radius 1 is 1.71 bits per heavy atom. The van der Waals surface area contributed by atoms with Crippen molar-refractivity contribution in [3.63, 3.8) is 0 Å². The number of thiophene rings is 1. The highest BCUT2D eigenvalue weighted by atomic mass is 32.1. The zero-order valence-electron chi connectivity index (χ0n) is 10.4. The standard InChI is InChI=1S/C13H20N2OS/c1-9-6-11(7-14)8-15(9)13(16)10(2)12-4-3-5-17-12/h3-5,9-11H,6-8,14H2,1-2H3. The van der Waals surface area contributed by atoms with Crippen molar-refractivity contribution in [1.29, 1.82) is 0 Å². The second-order valence-electron chi connectivity index (χ2n) is 4.91. The molecule has 0 saturated carbocycles. The van der Waals surface area contributed by atoms with Crippen molar-refractivity contribution in [2.45, 2.75) is 32.2 Å². The first-order chi connectivity index (χ1) is 8.13. The predicted molar refractivity (Wildman–Crippen MR) is 71.1 cm³/mol. The van der Waals surface area contributed by atoms with Gasteiger partial charge in [-0.1, -0.05) is 6.07 Å². The molecule has 1 fully saturated rings. The molecule has 0 aromatic carbocycles. The van der Waals surface area contributed by atoms with Gasteiger partial charge in [-0.05, 0) is 44.2 Å². The van der Waals surface area contributed by atoms with Gasteiger partial charge in [-0.2, -0.15) is 0 Å². The van der Waals surface area contributed by atoms with E-state index in [1.54, 1.807) is 11.3 Å². The van der Waals surface area contributed by atoms with Crippen LogP contribution in [0.15, 0.2) is 17.5 Å². The van der Waals surface area contributed by atoms with E-state index < -0.39 is 0 Å². The van der Waals surface area contributed by atoms with Gasteiger partial charge in [0, 0.05) is 17.5 Å². The van der Waals surface area contributed by atoms with Gasteiger partial charge in [-0.25, -0.2) is 0 Å². The monoisotopic (exact) mass is 252 g/mol. The number of likely N-dealkylation sites (tertiary alicyclic amines) is 1. The van der Waals surface area contributed by atoms with Crippen LogP contribution in [0.4, 0.5) is 0 Å². The van der Waals surface area contributed by atoms with Crippen LogP contribution >= 0.6 is 11.3 Å². The average molecular weight is 252 g/mol. The van der Waals surface area contributed by atoms with Crippen LogP contribution in [0, 0.1) is 5.92 Å². The molecule has 1 aromatic rings. The molecule has 1 saturated heterocycles. The summed E-state index contributed by atoms with van der Waals surface area (Å²) in [4.78, 5) is 15.6. The second-order valence-corrected chi connectivity index (χ2v) is 5.89. The van der Waals surface area contributed by atoms with E-state index >= 15 is 0 Å². The van der Waals surface area contributed by atoms with Crippen LogP contribution in [0.2, 0.25) is 0 Å². The molecule has 3 nitrogen and oxygen atoms in total. The summed E-state index contributed by atoms with van der Waals surface area (Å²) in [5.41, 5.74) is 5.69. The maximum atomic E-state index is 12.4. The van der Waals surface area contributed by atoms with E-state index in [0.717, 1.165) is 17.8 Å². The molecule has 94 valence electrons. The molecule has 17 heavy (non-hydrogen) atoms. The maximum Gasteiger partial charge on any atom is 0.230 e. The van der Waals surface area contributed by atoms with Gasteiger partial charge in [-0.3, -0.25) is 4.79 Å². The summed E-state index contributed by atoms with van der Waals surface area (Å²) in [6, 6.07) is 4.37. The van der Waals surface area contributed by atoms with E-state index in [-0.39, 0.29) is 11.8 Å². The van der Waals surface area contributed by atoms with Crippen molar-refractivity contribution in [3.8, 4) is 0 Å². The van der Waals surface area contributed by atoms with Crippen molar-refractivity contribution >= 4 is 17.2 Å². The first-order valence-corrected chi connectivity index (χ1v) is 7.05. The first-order valence-electron chi connectivity index (χ1n) is 6.17. The van der Waals surface area contributed by atoms with Crippen LogP contribution in [-0.4, -0.2) is 29.9 Å². The van der Waals surface area contributed by atoms with Gasteiger partial charge in [0.05, 0.1) is 5.92 Å². The molecule has 2 N–H and O–H groups in total. The highest BCUT2D eigenvalue weighted by Gasteiger charge is 2.34. The molecule has 0 bridgehead atoms. The number of hydrogen-bond donors (Lipinski definition) is 1. The van der Waals surface area contributed by atoms with Crippen LogP contribution < -0.4 is 5.73 Å². The van der Waals surface area contributed by atoms with Gasteiger partial charge < -0.3 is 10.6 Å². The van der Waals surface area contributed by atoms with Gasteiger partial charge in [-0.15, -0.1) is 11.3 Å². The molecular weight excluding hydrogens is 232 g/mol. The lowest BCUT2D eigenvalue weighted by atomic mass is 10.1. The Morgan fingerprint density at radius 2 is 2.47 bits per heavy atom. The smallest absolute Gasteiger partial charge is 0.230 e. The van der Waals surface area contributed by atoms with Crippen LogP contribution in [-0.2, 0) is 4.79 Å². The van der Waals surface area contributed by atoms with Gasteiger partial charge in [0.15, 0.2) is 0 Å². The zero-order chi connectivity index (χ0) is 12.4. The Hall–Kier alpha value is -0.870. The molecule has 0 radical (unpaired) electrons. The molecule has 4 heteroatoms. The van der Waals surface area contributed by atoms with Crippen LogP contribution in [0.25, 0.3) is 0 Å². The minimum atomic E-state index is -0.0195. The van der Waals surface area contributed by atoms with E-state index in [1.165, 1.54) is 0 Å². The molecular formula is C13H20N2OS. The molecule has 1 aliphatic heterocycles. The maximum absolute atomic E-state index is 12.4. The summed E-state index contributed by atoms with van der Waals surface area (Å²) in [6.45, 7) is 5.62. The number of amides is 1. The fraction of sp³-hybridized carbons (Fsp3) is 0.615. The van der Waals surface area contributed by atoms with Crippen LogP contribution in [0.3, 0.4) is 0 Å². The Bertz CT molecular complexity index is 377. The minimum Gasteiger partial charge on any atom is -0.339 e. The van der Waals surface area contributed by atoms with E-state index in [4.69, 9.17) is 5.73 Å². The van der Waals surface area contributed by atoms with Crippen molar-refractivity contribution in [2.75, 3.05) is 13.1 Å². The van der Waals surface area contributed by atoms with Crippen LogP contribution in [0.5, 0.6) is 0 Å². The van der Waals surface area contributed by atoms with Crippen molar-refractivity contribution < 1.29 is 4.79 Å². The molecule has 1 aromatic heterocycles. The summed E-state index contributed by atoms with van der Waals surface area (Å²) in [5.74, 6) is 0.703. The van der Waals surface area contributed by atoms with E-state index in [9.17, 15) is 4.79 Å². The summed E-state index contributed by atoms with van der Waals surface area (Å²) < 4.78 is 0. The number of carbonyl (C=O) groups excluding carboxylic acids is 1. The van der Waals surface area contributed by atoms with E-state index in [0.29, 0.717) is 18.5 Å². The van der Waals surface area contributed by atoms with Crippen molar-refractivity contribution in [1.82, 2.24) is 4.90 Å². The third-order valence-corrected chi connectivity index (χ3v) is 4.67. The molecule has 2 heterocycles. The van der Waals surface area contributed by atoms with Gasteiger partial charge >= 0.3 is 0 Å². The molecule has 0 aliphatic carbocycles. The van der Waals surface area contributed by atoms with Gasteiger partial charge in [0.1, 0.15) is 0 Å². The lowest BCUT2D eigenvalue weighted by molar-refractivity contribution is -0.133. The molecule has 3 atom stereocenters.